The van der Waals surface area contributed by atoms with Crippen molar-refractivity contribution < 1.29 is 14.0 Å². The molecule has 4 heteroatoms. The molecule has 0 unspecified atom stereocenters. The van der Waals surface area contributed by atoms with Crippen molar-refractivity contribution in [3.8, 4) is 11.5 Å². The molecular weight excluding hydrogens is 192 g/mol. The topological polar surface area (TPSA) is 33.5 Å². The standard InChI is InChI=1S/C11H16N2O2/c1-13(2)8-12-10-7-9(14-3)5-6-11(10)15-4/h5-8H,1-4H3/p+1. The average Bonchev–Trinajstić information content (AvgIpc) is 2.25. The first-order valence-electron chi connectivity index (χ1n) is 4.65. The molecule has 0 saturated heterocycles. The number of hydrogen-bond donors (Lipinski definition) is 1. The van der Waals surface area contributed by atoms with E-state index in [0.29, 0.717) is 0 Å². The molecule has 0 aromatic heterocycles. The van der Waals surface area contributed by atoms with E-state index in [2.05, 4.69) is 5.32 Å². The van der Waals surface area contributed by atoms with Gasteiger partial charge in [-0.15, -0.1) is 0 Å². The second-order valence-corrected chi connectivity index (χ2v) is 3.30. The normalized spacial score (nSPS) is 9.33. The fourth-order valence-corrected chi connectivity index (χ4v) is 1.13. The summed E-state index contributed by atoms with van der Waals surface area (Å²) in [5, 5.41) is 3.13. The van der Waals surface area contributed by atoms with E-state index in [1.165, 1.54) is 0 Å². The third-order valence-corrected chi connectivity index (χ3v) is 1.88. The van der Waals surface area contributed by atoms with Crippen molar-refractivity contribution >= 4 is 12.0 Å². The van der Waals surface area contributed by atoms with Crippen LogP contribution in [0.3, 0.4) is 0 Å². The van der Waals surface area contributed by atoms with Gasteiger partial charge in [-0.3, -0.25) is 4.58 Å². The highest BCUT2D eigenvalue weighted by Crippen LogP contribution is 2.28. The summed E-state index contributed by atoms with van der Waals surface area (Å²) in [7, 11) is 7.17. The summed E-state index contributed by atoms with van der Waals surface area (Å²) in [6.45, 7) is 0. The molecule has 0 fully saturated rings. The van der Waals surface area contributed by atoms with Crippen LogP contribution >= 0.6 is 0 Å². The van der Waals surface area contributed by atoms with Crippen molar-refractivity contribution in [2.45, 2.75) is 0 Å². The maximum Gasteiger partial charge on any atom is 0.236 e. The molecule has 0 aliphatic heterocycles. The molecule has 1 aromatic rings. The Morgan fingerprint density at radius 2 is 1.93 bits per heavy atom. The minimum atomic E-state index is 0.786. The van der Waals surface area contributed by atoms with Crippen LogP contribution in [0.5, 0.6) is 11.5 Å². The smallest absolute Gasteiger partial charge is 0.236 e. The molecule has 82 valence electrons. The van der Waals surface area contributed by atoms with Crippen LogP contribution in [0.15, 0.2) is 18.2 Å². The van der Waals surface area contributed by atoms with Crippen LogP contribution < -0.4 is 14.8 Å². The second-order valence-electron chi connectivity index (χ2n) is 3.30. The van der Waals surface area contributed by atoms with Crippen LogP contribution in [0.2, 0.25) is 0 Å². The molecular formula is C11H17N2O2+. The lowest BCUT2D eigenvalue weighted by molar-refractivity contribution is -0.459. The van der Waals surface area contributed by atoms with Gasteiger partial charge in [-0.05, 0) is 12.1 Å². The minimum absolute atomic E-state index is 0.786. The van der Waals surface area contributed by atoms with Gasteiger partial charge in [-0.25, -0.2) is 5.32 Å². The van der Waals surface area contributed by atoms with Crippen molar-refractivity contribution in [1.29, 1.82) is 0 Å². The lowest BCUT2D eigenvalue weighted by Crippen LogP contribution is -2.08. The lowest BCUT2D eigenvalue weighted by atomic mass is 10.3. The van der Waals surface area contributed by atoms with Gasteiger partial charge >= 0.3 is 0 Å². The van der Waals surface area contributed by atoms with E-state index >= 15 is 0 Å². The first-order valence-corrected chi connectivity index (χ1v) is 4.65. The van der Waals surface area contributed by atoms with Crippen LogP contribution in [0.25, 0.3) is 0 Å². The number of ether oxygens (including phenoxy) is 2. The summed E-state index contributed by atoms with van der Waals surface area (Å²) < 4.78 is 12.3. The molecule has 0 saturated carbocycles. The Morgan fingerprint density at radius 1 is 1.20 bits per heavy atom. The molecule has 0 atom stereocenters. The van der Waals surface area contributed by atoms with E-state index < -0.39 is 0 Å². The van der Waals surface area contributed by atoms with E-state index in [0.717, 1.165) is 17.2 Å². The van der Waals surface area contributed by atoms with Crippen LogP contribution in [-0.4, -0.2) is 39.2 Å². The first kappa shape index (κ1) is 11.4. The maximum atomic E-state index is 5.22. The molecule has 0 amide bonds. The van der Waals surface area contributed by atoms with E-state index in [4.69, 9.17) is 9.47 Å². The van der Waals surface area contributed by atoms with Gasteiger partial charge in [0.15, 0.2) is 11.4 Å². The Bertz CT molecular complexity index is 358. The van der Waals surface area contributed by atoms with Gasteiger partial charge in [0.05, 0.1) is 28.3 Å². The fourth-order valence-electron chi connectivity index (χ4n) is 1.13. The molecule has 0 bridgehead atoms. The van der Waals surface area contributed by atoms with E-state index in [9.17, 15) is 0 Å². The van der Waals surface area contributed by atoms with Crippen molar-refractivity contribution in [2.24, 2.45) is 0 Å². The van der Waals surface area contributed by atoms with E-state index in [-0.39, 0.29) is 0 Å². The molecule has 4 nitrogen and oxygen atoms in total. The summed E-state index contributed by atoms with van der Waals surface area (Å²) in [6, 6.07) is 5.61. The van der Waals surface area contributed by atoms with Crippen molar-refractivity contribution in [2.75, 3.05) is 33.6 Å². The molecule has 15 heavy (non-hydrogen) atoms. The lowest BCUT2D eigenvalue weighted by Gasteiger charge is -2.06. The molecule has 1 N–H and O–H groups in total. The summed E-state index contributed by atoms with van der Waals surface area (Å²) in [6.07, 6.45) is 1.84. The summed E-state index contributed by atoms with van der Waals surface area (Å²) in [4.78, 5) is 0. The van der Waals surface area contributed by atoms with Crippen LogP contribution in [-0.2, 0) is 0 Å². The third-order valence-electron chi connectivity index (χ3n) is 1.88. The van der Waals surface area contributed by atoms with E-state index in [1.54, 1.807) is 14.2 Å². The van der Waals surface area contributed by atoms with E-state index in [1.807, 2.05) is 43.2 Å². The minimum Gasteiger partial charge on any atom is -0.497 e. The highest BCUT2D eigenvalue weighted by molar-refractivity contribution is 5.76. The molecule has 1 aromatic carbocycles. The fraction of sp³-hybridized carbons (Fsp3) is 0.364. The van der Waals surface area contributed by atoms with Gasteiger partial charge < -0.3 is 9.47 Å². The van der Waals surface area contributed by atoms with Crippen LogP contribution in [0, 0.1) is 0 Å². The Hall–Kier alpha value is -1.71. The number of nitrogens with one attached hydrogen (secondary N) is 1. The SMILES string of the molecule is COc1ccc(OC)c(NC=[N+](C)C)c1. The number of hydrogen-bond acceptors (Lipinski definition) is 2. The molecule has 0 spiro atoms. The zero-order valence-corrected chi connectivity index (χ0v) is 9.57. The van der Waals surface area contributed by atoms with Crippen molar-refractivity contribution in [3.63, 3.8) is 0 Å². The molecule has 0 heterocycles. The Labute approximate surface area is 90.1 Å². The van der Waals surface area contributed by atoms with Crippen LogP contribution in [0.1, 0.15) is 0 Å². The van der Waals surface area contributed by atoms with Gasteiger partial charge in [-0.1, -0.05) is 0 Å². The van der Waals surface area contributed by atoms with Gasteiger partial charge in [0.25, 0.3) is 0 Å². The molecule has 0 aliphatic carbocycles. The third kappa shape index (κ3) is 3.16. The number of rotatable bonds is 4. The Kier molecular flexibility index (Phi) is 3.97. The zero-order valence-electron chi connectivity index (χ0n) is 9.57. The van der Waals surface area contributed by atoms with Gasteiger partial charge in [-0.2, -0.15) is 0 Å². The summed E-state index contributed by atoms with van der Waals surface area (Å²) >= 11 is 0. The largest absolute Gasteiger partial charge is 0.497 e. The average molecular weight is 209 g/mol. The number of nitrogens with zero attached hydrogens (tertiary/aromatic N) is 1. The van der Waals surface area contributed by atoms with Gasteiger partial charge in [0, 0.05) is 6.07 Å². The Morgan fingerprint density at radius 3 is 2.47 bits per heavy atom. The number of methoxy groups -OCH3 is 2. The highest BCUT2D eigenvalue weighted by atomic mass is 16.5. The Balaban J connectivity index is 2.96. The van der Waals surface area contributed by atoms with Crippen molar-refractivity contribution in [1.82, 2.24) is 0 Å². The highest BCUT2D eigenvalue weighted by Gasteiger charge is 2.06. The molecule has 0 radical (unpaired) electrons. The first-order chi connectivity index (χ1) is 7.17. The predicted molar refractivity (Wildman–Crippen MR) is 61.3 cm³/mol. The molecule has 1 rings (SSSR count). The maximum absolute atomic E-state index is 5.22. The molecule has 0 aliphatic rings. The summed E-state index contributed by atoms with van der Waals surface area (Å²) in [5.41, 5.74) is 0.880. The quantitative estimate of drug-likeness (QED) is 0.462. The van der Waals surface area contributed by atoms with Gasteiger partial charge in [0.2, 0.25) is 6.34 Å². The summed E-state index contributed by atoms with van der Waals surface area (Å²) in [5.74, 6) is 1.58. The number of anilines is 1. The number of benzene rings is 1. The van der Waals surface area contributed by atoms with Crippen LogP contribution in [0.4, 0.5) is 5.69 Å². The van der Waals surface area contributed by atoms with Crippen molar-refractivity contribution in [3.05, 3.63) is 18.2 Å². The monoisotopic (exact) mass is 209 g/mol. The second kappa shape index (κ2) is 5.24. The zero-order chi connectivity index (χ0) is 11.3. The predicted octanol–water partition coefficient (Wildman–Crippen LogP) is 1.42. The van der Waals surface area contributed by atoms with Gasteiger partial charge in [0.1, 0.15) is 5.75 Å².